The minimum Gasteiger partial charge on any atom is -0.466 e. The lowest BCUT2D eigenvalue weighted by Gasteiger charge is -2.08. The number of carbonyl (C=O) groups excluding carboxylic acids is 2. The predicted octanol–water partition coefficient (Wildman–Crippen LogP) is 3.60. The van der Waals surface area contributed by atoms with E-state index in [1.54, 1.807) is 0 Å². The number of halogens is 1. The zero-order valence-electron chi connectivity index (χ0n) is 14.8. The van der Waals surface area contributed by atoms with Crippen LogP contribution in [0.3, 0.4) is 0 Å². The number of amides is 1. The van der Waals surface area contributed by atoms with Crippen LogP contribution in [0.15, 0.2) is 72.9 Å². The molecule has 1 heterocycles. The van der Waals surface area contributed by atoms with Gasteiger partial charge in [-0.05, 0) is 35.9 Å². The summed E-state index contributed by atoms with van der Waals surface area (Å²) in [5, 5.41) is 2.63. The second-order valence-electron chi connectivity index (χ2n) is 5.78. The van der Waals surface area contributed by atoms with Crippen LogP contribution in [0.1, 0.15) is 15.9 Å². The van der Waals surface area contributed by atoms with E-state index in [1.807, 2.05) is 30.3 Å². The van der Waals surface area contributed by atoms with Gasteiger partial charge < -0.3 is 14.8 Å². The van der Waals surface area contributed by atoms with E-state index in [9.17, 15) is 14.0 Å². The summed E-state index contributed by atoms with van der Waals surface area (Å²) in [6.45, 7) is -0.125. The third kappa shape index (κ3) is 5.63. The van der Waals surface area contributed by atoms with E-state index in [2.05, 4.69) is 10.3 Å². The van der Waals surface area contributed by atoms with Gasteiger partial charge in [-0.25, -0.2) is 14.2 Å². The molecule has 3 rings (SSSR count). The van der Waals surface area contributed by atoms with Crippen molar-refractivity contribution in [2.24, 2.45) is 0 Å². The quantitative estimate of drug-likeness (QED) is 0.634. The number of pyridine rings is 1. The van der Waals surface area contributed by atoms with E-state index in [4.69, 9.17) is 9.47 Å². The number of nitrogens with one attached hydrogen (secondary N) is 1. The second-order valence-corrected chi connectivity index (χ2v) is 5.78. The first kappa shape index (κ1) is 19.0. The molecule has 0 aliphatic rings. The number of hydrogen-bond acceptors (Lipinski definition) is 5. The molecule has 3 aromatic rings. The molecule has 7 heteroatoms. The van der Waals surface area contributed by atoms with E-state index >= 15 is 0 Å². The smallest absolute Gasteiger partial charge is 0.344 e. The van der Waals surface area contributed by atoms with Crippen LogP contribution < -0.4 is 10.1 Å². The van der Waals surface area contributed by atoms with E-state index in [0.717, 1.165) is 5.56 Å². The van der Waals surface area contributed by atoms with Crippen LogP contribution in [0.5, 0.6) is 5.88 Å². The van der Waals surface area contributed by atoms with Crippen molar-refractivity contribution in [1.29, 1.82) is 0 Å². The maximum atomic E-state index is 12.9. The molecule has 0 aliphatic heterocycles. The van der Waals surface area contributed by atoms with Crippen molar-refractivity contribution in [3.8, 4) is 5.88 Å². The van der Waals surface area contributed by atoms with Gasteiger partial charge in [0.1, 0.15) is 12.4 Å². The molecule has 1 N–H and O–H groups in total. The van der Waals surface area contributed by atoms with Gasteiger partial charge in [-0.1, -0.05) is 30.3 Å². The van der Waals surface area contributed by atoms with Gasteiger partial charge in [0, 0.05) is 18.0 Å². The maximum absolute atomic E-state index is 12.9. The molecule has 28 heavy (non-hydrogen) atoms. The monoisotopic (exact) mass is 380 g/mol. The van der Waals surface area contributed by atoms with Gasteiger partial charge in [0.2, 0.25) is 5.88 Å². The van der Waals surface area contributed by atoms with Crippen molar-refractivity contribution >= 4 is 17.6 Å². The largest absolute Gasteiger partial charge is 0.466 e. The molecule has 0 atom stereocenters. The number of hydrogen-bond donors (Lipinski definition) is 1. The summed E-state index contributed by atoms with van der Waals surface area (Å²) >= 11 is 0. The Bertz CT molecular complexity index is 929. The van der Waals surface area contributed by atoms with Gasteiger partial charge in [-0.3, -0.25) is 4.79 Å². The Balaban J connectivity index is 1.46. The Morgan fingerprint density at radius 3 is 2.39 bits per heavy atom. The summed E-state index contributed by atoms with van der Waals surface area (Å²) in [5.41, 5.74) is 1.64. The summed E-state index contributed by atoms with van der Waals surface area (Å²) < 4.78 is 23.3. The third-order valence-corrected chi connectivity index (χ3v) is 3.68. The summed E-state index contributed by atoms with van der Waals surface area (Å²) in [7, 11) is 0. The minimum atomic E-state index is -0.524. The average Bonchev–Trinajstić information content (AvgIpc) is 2.73. The molecular weight excluding hydrogens is 363 g/mol. The molecule has 0 radical (unpaired) electrons. The number of esters is 1. The van der Waals surface area contributed by atoms with Crippen LogP contribution in [-0.4, -0.2) is 23.5 Å². The van der Waals surface area contributed by atoms with Crippen molar-refractivity contribution in [2.75, 3.05) is 11.9 Å². The molecule has 0 spiro atoms. The summed E-state index contributed by atoms with van der Waals surface area (Å²) in [6, 6.07) is 17.7. The molecule has 0 fully saturated rings. The predicted molar refractivity (Wildman–Crippen MR) is 100 cm³/mol. The Hall–Kier alpha value is -3.74. The van der Waals surface area contributed by atoms with Crippen molar-refractivity contribution in [2.45, 2.75) is 6.61 Å². The van der Waals surface area contributed by atoms with Gasteiger partial charge in [0.15, 0.2) is 6.61 Å². The molecule has 2 aromatic carbocycles. The molecule has 0 saturated heterocycles. The molecule has 6 nitrogen and oxygen atoms in total. The average molecular weight is 380 g/mol. The minimum absolute atomic E-state index is 0.166. The highest BCUT2D eigenvalue weighted by molar-refractivity contribution is 6.04. The van der Waals surface area contributed by atoms with Crippen LogP contribution in [0.4, 0.5) is 10.1 Å². The van der Waals surface area contributed by atoms with Crippen molar-refractivity contribution in [3.05, 3.63) is 89.9 Å². The number of rotatable bonds is 7. The summed E-state index contributed by atoms with van der Waals surface area (Å²) in [6.07, 6.45) is 1.32. The first-order valence-electron chi connectivity index (χ1n) is 8.45. The van der Waals surface area contributed by atoms with E-state index in [0.29, 0.717) is 11.3 Å². The topological polar surface area (TPSA) is 77.5 Å². The normalized spacial score (nSPS) is 10.2. The Labute approximate surface area is 160 Å². The fraction of sp³-hybridized carbons (Fsp3) is 0.0952. The van der Waals surface area contributed by atoms with E-state index in [-0.39, 0.29) is 24.9 Å². The second kappa shape index (κ2) is 9.27. The highest BCUT2D eigenvalue weighted by Gasteiger charge is 2.09. The van der Waals surface area contributed by atoms with Gasteiger partial charge >= 0.3 is 5.97 Å². The van der Waals surface area contributed by atoms with Crippen LogP contribution in [0.25, 0.3) is 0 Å². The number of nitrogens with zero attached hydrogens (tertiary/aromatic N) is 1. The standard InChI is InChI=1S/C21H17FN2O4/c22-17-7-9-18(10-8-17)24-21(26)16-6-11-19(23-12-16)27-14-20(25)28-13-15-4-2-1-3-5-15/h1-12H,13-14H2,(H,24,26). The van der Waals surface area contributed by atoms with Crippen molar-refractivity contribution in [1.82, 2.24) is 4.98 Å². The highest BCUT2D eigenvalue weighted by atomic mass is 19.1. The van der Waals surface area contributed by atoms with Crippen molar-refractivity contribution < 1.29 is 23.5 Å². The number of anilines is 1. The van der Waals surface area contributed by atoms with E-state index < -0.39 is 11.9 Å². The molecule has 0 aliphatic carbocycles. The lowest BCUT2D eigenvalue weighted by Crippen LogP contribution is -2.16. The van der Waals surface area contributed by atoms with Gasteiger partial charge in [-0.15, -0.1) is 0 Å². The van der Waals surface area contributed by atoms with Gasteiger partial charge in [0.25, 0.3) is 5.91 Å². The number of benzene rings is 2. The molecule has 0 bridgehead atoms. The lowest BCUT2D eigenvalue weighted by molar-refractivity contribution is -0.147. The zero-order valence-corrected chi connectivity index (χ0v) is 14.8. The molecule has 0 saturated carbocycles. The zero-order chi connectivity index (χ0) is 19.8. The summed E-state index contributed by atoms with van der Waals surface area (Å²) in [4.78, 5) is 27.9. The van der Waals surface area contributed by atoms with E-state index in [1.165, 1.54) is 42.6 Å². The Morgan fingerprint density at radius 2 is 1.71 bits per heavy atom. The fourth-order valence-corrected chi connectivity index (χ4v) is 2.25. The van der Waals surface area contributed by atoms with Gasteiger partial charge in [-0.2, -0.15) is 0 Å². The van der Waals surface area contributed by atoms with Crippen molar-refractivity contribution in [3.63, 3.8) is 0 Å². The van der Waals surface area contributed by atoms with Crippen LogP contribution in [0, 0.1) is 5.82 Å². The highest BCUT2D eigenvalue weighted by Crippen LogP contribution is 2.12. The van der Waals surface area contributed by atoms with Crippen LogP contribution >= 0.6 is 0 Å². The summed E-state index contributed by atoms with van der Waals surface area (Å²) in [5.74, 6) is -1.12. The van der Waals surface area contributed by atoms with Crippen LogP contribution in [0.2, 0.25) is 0 Å². The third-order valence-electron chi connectivity index (χ3n) is 3.68. The molecular formula is C21H17FN2O4. The molecule has 1 amide bonds. The fourth-order valence-electron chi connectivity index (χ4n) is 2.25. The molecule has 1 aromatic heterocycles. The Morgan fingerprint density at radius 1 is 0.964 bits per heavy atom. The number of aromatic nitrogens is 1. The number of carbonyl (C=O) groups is 2. The molecule has 142 valence electrons. The lowest BCUT2D eigenvalue weighted by atomic mass is 10.2. The maximum Gasteiger partial charge on any atom is 0.344 e. The number of ether oxygens (including phenoxy) is 2. The SMILES string of the molecule is O=C(COc1ccc(C(=O)Nc2ccc(F)cc2)cn1)OCc1ccccc1. The van der Waals surface area contributed by atoms with Gasteiger partial charge in [0.05, 0.1) is 5.56 Å². The first-order chi connectivity index (χ1) is 13.6. The molecule has 0 unspecified atom stereocenters. The van der Waals surface area contributed by atoms with Crippen LogP contribution in [-0.2, 0) is 16.1 Å². The Kier molecular flexibility index (Phi) is 6.30. The first-order valence-corrected chi connectivity index (χ1v) is 8.45.